The standard InChI is InChI=1S/C8H16N2O/c1-7(2)9-8(11)3-4-10-5-6-10/h7H,3-6H2,1-2H3,(H,9,11). The quantitative estimate of drug-likeness (QED) is 0.590. The summed E-state index contributed by atoms with van der Waals surface area (Å²) in [7, 11) is 0. The summed E-state index contributed by atoms with van der Waals surface area (Å²) >= 11 is 0. The fourth-order valence-electron chi connectivity index (χ4n) is 0.948. The summed E-state index contributed by atoms with van der Waals surface area (Å²) in [6.07, 6.45) is 0.651. The van der Waals surface area contributed by atoms with Crippen molar-refractivity contribution in [2.24, 2.45) is 0 Å². The Hall–Kier alpha value is -0.570. The number of amides is 1. The SMILES string of the molecule is CC(C)NC(=O)CCN1CC1. The molecule has 1 saturated heterocycles. The van der Waals surface area contributed by atoms with E-state index >= 15 is 0 Å². The van der Waals surface area contributed by atoms with E-state index in [1.807, 2.05) is 13.8 Å². The molecule has 0 aromatic rings. The first-order valence-corrected chi connectivity index (χ1v) is 4.20. The van der Waals surface area contributed by atoms with Gasteiger partial charge >= 0.3 is 0 Å². The molecular weight excluding hydrogens is 140 g/mol. The number of hydrogen-bond donors (Lipinski definition) is 1. The van der Waals surface area contributed by atoms with Crippen LogP contribution in [0.3, 0.4) is 0 Å². The van der Waals surface area contributed by atoms with Crippen LogP contribution >= 0.6 is 0 Å². The number of hydrogen-bond acceptors (Lipinski definition) is 2. The van der Waals surface area contributed by atoms with E-state index in [4.69, 9.17) is 0 Å². The van der Waals surface area contributed by atoms with Crippen molar-refractivity contribution in [1.82, 2.24) is 10.2 Å². The Morgan fingerprint density at radius 2 is 2.18 bits per heavy atom. The van der Waals surface area contributed by atoms with Crippen LogP contribution in [0.4, 0.5) is 0 Å². The fraction of sp³-hybridized carbons (Fsp3) is 0.875. The summed E-state index contributed by atoms with van der Waals surface area (Å²) in [5, 5.41) is 2.86. The van der Waals surface area contributed by atoms with E-state index in [2.05, 4.69) is 10.2 Å². The van der Waals surface area contributed by atoms with E-state index < -0.39 is 0 Å². The summed E-state index contributed by atoms with van der Waals surface area (Å²) in [6, 6.07) is 0.275. The highest BCUT2D eigenvalue weighted by Gasteiger charge is 2.17. The lowest BCUT2D eigenvalue weighted by Gasteiger charge is -2.07. The number of rotatable bonds is 4. The Balaban J connectivity index is 2.00. The lowest BCUT2D eigenvalue weighted by Crippen LogP contribution is -2.31. The van der Waals surface area contributed by atoms with Gasteiger partial charge in [-0.1, -0.05) is 0 Å². The molecule has 1 aliphatic heterocycles. The van der Waals surface area contributed by atoms with Crippen LogP contribution in [0.2, 0.25) is 0 Å². The highest BCUT2D eigenvalue weighted by molar-refractivity contribution is 5.76. The molecule has 0 radical (unpaired) electrons. The minimum absolute atomic E-state index is 0.173. The van der Waals surface area contributed by atoms with Gasteiger partial charge in [-0.2, -0.15) is 0 Å². The van der Waals surface area contributed by atoms with Crippen molar-refractivity contribution in [3.8, 4) is 0 Å². The maximum absolute atomic E-state index is 11.0. The van der Waals surface area contributed by atoms with Gasteiger partial charge in [-0.3, -0.25) is 4.79 Å². The van der Waals surface area contributed by atoms with Gasteiger partial charge in [0.1, 0.15) is 0 Å². The van der Waals surface area contributed by atoms with Crippen molar-refractivity contribution < 1.29 is 4.79 Å². The van der Waals surface area contributed by atoms with Crippen LogP contribution in [0.15, 0.2) is 0 Å². The average Bonchev–Trinajstić information content (AvgIpc) is 2.63. The van der Waals surface area contributed by atoms with E-state index in [1.165, 1.54) is 13.1 Å². The molecule has 0 atom stereocenters. The molecule has 64 valence electrons. The molecule has 11 heavy (non-hydrogen) atoms. The Labute approximate surface area is 67.8 Å². The first-order valence-electron chi connectivity index (χ1n) is 4.20. The minimum atomic E-state index is 0.173. The monoisotopic (exact) mass is 156 g/mol. The van der Waals surface area contributed by atoms with Gasteiger partial charge in [-0.15, -0.1) is 0 Å². The normalized spacial score (nSPS) is 17.0. The maximum atomic E-state index is 11.0. The highest BCUT2D eigenvalue weighted by Crippen LogP contribution is 2.03. The predicted octanol–water partition coefficient (Wildman–Crippen LogP) is 0.217. The molecule has 0 saturated carbocycles. The summed E-state index contributed by atoms with van der Waals surface area (Å²) in [6.45, 7) is 7.24. The molecule has 1 heterocycles. The fourth-order valence-corrected chi connectivity index (χ4v) is 0.948. The third-order valence-electron chi connectivity index (χ3n) is 1.64. The van der Waals surface area contributed by atoms with Crippen LogP contribution < -0.4 is 5.32 Å². The van der Waals surface area contributed by atoms with E-state index in [9.17, 15) is 4.79 Å². The molecule has 0 spiro atoms. The van der Waals surface area contributed by atoms with Crippen molar-refractivity contribution in [2.75, 3.05) is 19.6 Å². The van der Waals surface area contributed by atoms with E-state index in [0.29, 0.717) is 6.42 Å². The second kappa shape index (κ2) is 3.72. The van der Waals surface area contributed by atoms with Gasteiger partial charge in [0, 0.05) is 32.1 Å². The van der Waals surface area contributed by atoms with Crippen LogP contribution in [0.5, 0.6) is 0 Å². The van der Waals surface area contributed by atoms with Crippen molar-refractivity contribution in [3.05, 3.63) is 0 Å². The zero-order chi connectivity index (χ0) is 8.27. The predicted molar refractivity (Wildman–Crippen MR) is 44.3 cm³/mol. The number of carbonyl (C=O) groups is 1. The number of carbonyl (C=O) groups excluding carboxylic acids is 1. The molecule has 1 rings (SSSR count). The number of nitrogens with zero attached hydrogens (tertiary/aromatic N) is 1. The lowest BCUT2D eigenvalue weighted by molar-refractivity contribution is -0.121. The van der Waals surface area contributed by atoms with Crippen molar-refractivity contribution >= 4 is 5.91 Å². The average molecular weight is 156 g/mol. The molecule has 1 fully saturated rings. The van der Waals surface area contributed by atoms with Gasteiger partial charge in [0.2, 0.25) is 5.91 Å². The lowest BCUT2D eigenvalue weighted by atomic mass is 10.3. The second-order valence-electron chi connectivity index (χ2n) is 3.31. The van der Waals surface area contributed by atoms with Gasteiger partial charge in [-0.25, -0.2) is 0 Å². The van der Waals surface area contributed by atoms with Gasteiger partial charge in [0.05, 0.1) is 0 Å². The van der Waals surface area contributed by atoms with Gasteiger partial charge in [-0.05, 0) is 13.8 Å². The molecule has 1 aliphatic rings. The van der Waals surface area contributed by atoms with Crippen molar-refractivity contribution in [3.63, 3.8) is 0 Å². The van der Waals surface area contributed by atoms with E-state index in [1.54, 1.807) is 0 Å². The first kappa shape index (κ1) is 8.53. The molecule has 3 nitrogen and oxygen atoms in total. The number of nitrogens with one attached hydrogen (secondary N) is 1. The van der Waals surface area contributed by atoms with Gasteiger partial charge in [0.15, 0.2) is 0 Å². The van der Waals surface area contributed by atoms with Crippen molar-refractivity contribution in [1.29, 1.82) is 0 Å². The molecule has 1 N–H and O–H groups in total. The van der Waals surface area contributed by atoms with E-state index in [-0.39, 0.29) is 11.9 Å². The summed E-state index contributed by atoms with van der Waals surface area (Å²) in [4.78, 5) is 13.3. The van der Waals surface area contributed by atoms with Crippen molar-refractivity contribution in [2.45, 2.75) is 26.3 Å². The maximum Gasteiger partial charge on any atom is 0.221 e. The molecule has 0 aromatic carbocycles. The Bertz CT molecular complexity index is 141. The Morgan fingerprint density at radius 1 is 1.55 bits per heavy atom. The topological polar surface area (TPSA) is 32.1 Å². The largest absolute Gasteiger partial charge is 0.354 e. The van der Waals surface area contributed by atoms with Crippen LogP contribution in [0.25, 0.3) is 0 Å². The van der Waals surface area contributed by atoms with E-state index in [0.717, 1.165) is 6.54 Å². The van der Waals surface area contributed by atoms with Crippen LogP contribution in [-0.2, 0) is 4.79 Å². The Kier molecular flexibility index (Phi) is 2.88. The van der Waals surface area contributed by atoms with Crippen LogP contribution in [-0.4, -0.2) is 36.5 Å². The summed E-state index contributed by atoms with van der Waals surface area (Å²) in [5.74, 6) is 0.173. The molecule has 0 unspecified atom stereocenters. The first-order chi connectivity index (χ1) is 5.18. The Morgan fingerprint density at radius 3 is 2.64 bits per heavy atom. The molecular formula is C8H16N2O. The zero-order valence-electron chi connectivity index (χ0n) is 7.26. The van der Waals surface area contributed by atoms with Gasteiger partial charge in [0.25, 0.3) is 0 Å². The third-order valence-corrected chi connectivity index (χ3v) is 1.64. The molecule has 0 aromatic heterocycles. The molecule has 3 heteroatoms. The second-order valence-corrected chi connectivity index (χ2v) is 3.31. The highest BCUT2D eigenvalue weighted by atomic mass is 16.1. The smallest absolute Gasteiger partial charge is 0.221 e. The minimum Gasteiger partial charge on any atom is -0.354 e. The summed E-state index contributed by atoms with van der Waals surface area (Å²) < 4.78 is 0. The third kappa shape index (κ3) is 3.98. The molecule has 0 aliphatic carbocycles. The molecule has 1 amide bonds. The molecule has 0 bridgehead atoms. The van der Waals surface area contributed by atoms with Crippen LogP contribution in [0.1, 0.15) is 20.3 Å². The van der Waals surface area contributed by atoms with Gasteiger partial charge < -0.3 is 10.2 Å². The summed E-state index contributed by atoms with van der Waals surface area (Å²) in [5.41, 5.74) is 0. The zero-order valence-corrected chi connectivity index (χ0v) is 7.26. The van der Waals surface area contributed by atoms with Crippen LogP contribution in [0, 0.1) is 0 Å².